The molecule has 1 amide bonds. The van der Waals surface area contributed by atoms with Crippen LogP contribution in [0, 0.1) is 0 Å². The van der Waals surface area contributed by atoms with Crippen LogP contribution in [0.3, 0.4) is 0 Å². The average Bonchev–Trinajstić information content (AvgIpc) is 2.92. The fourth-order valence-corrected chi connectivity index (χ4v) is 2.66. The van der Waals surface area contributed by atoms with E-state index in [9.17, 15) is 4.79 Å². The molecule has 19 heavy (non-hydrogen) atoms. The van der Waals surface area contributed by atoms with E-state index in [-0.39, 0.29) is 11.9 Å². The number of nitrogens with zero attached hydrogens (tertiary/aromatic N) is 1. The third kappa shape index (κ3) is 3.41. The second-order valence-electron chi connectivity index (χ2n) is 4.74. The standard InChI is InChI=1S/C14H19BrN2O2/c1-10(14(18)17-7-3-4-8-17)16-12-9-11(15)5-6-13(12)19-2/h5-6,9-10,16H,3-4,7-8H2,1-2H3. The van der Waals surface area contributed by atoms with Crippen LogP contribution in [0.15, 0.2) is 22.7 Å². The van der Waals surface area contributed by atoms with Gasteiger partial charge in [-0.1, -0.05) is 15.9 Å². The summed E-state index contributed by atoms with van der Waals surface area (Å²) in [4.78, 5) is 14.2. The molecule has 1 atom stereocenters. The topological polar surface area (TPSA) is 41.6 Å². The van der Waals surface area contributed by atoms with Gasteiger partial charge in [0.05, 0.1) is 12.8 Å². The van der Waals surface area contributed by atoms with Gasteiger partial charge < -0.3 is 15.0 Å². The van der Waals surface area contributed by atoms with Gasteiger partial charge in [0.15, 0.2) is 0 Å². The van der Waals surface area contributed by atoms with E-state index in [2.05, 4.69) is 21.2 Å². The molecule has 104 valence electrons. The lowest BCUT2D eigenvalue weighted by Gasteiger charge is -2.22. The first-order chi connectivity index (χ1) is 9.11. The number of carbonyl (C=O) groups excluding carboxylic acids is 1. The van der Waals surface area contributed by atoms with Crippen molar-refractivity contribution in [3.8, 4) is 5.75 Å². The van der Waals surface area contributed by atoms with E-state index < -0.39 is 0 Å². The molecule has 5 heteroatoms. The summed E-state index contributed by atoms with van der Waals surface area (Å²) < 4.78 is 6.25. The zero-order chi connectivity index (χ0) is 13.8. The van der Waals surface area contributed by atoms with Gasteiger partial charge in [0.25, 0.3) is 0 Å². The van der Waals surface area contributed by atoms with Gasteiger partial charge in [0, 0.05) is 17.6 Å². The van der Waals surface area contributed by atoms with Crippen molar-refractivity contribution in [2.24, 2.45) is 0 Å². The first-order valence-corrected chi connectivity index (χ1v) is 7.30. The molecule has 2 rings (SSSR count). The maximum atomic E-state index is 12.2. The summed E-state index contributed by atoms with van der Waals surface area (Å²) in [5, 5.41) is 3.23. The lowest BCUT2D eigenvalue weighted by Crippen LogP contribution is -2.39. The van der Waals surface area contributed by atoms with Gasteiger partial charge in [-0.05, 0) is 38.0 Å². The summed E-state index contributed by atoms with van der Waals surface area (Å²) in [6.07, 6.45) is 2.22. The summed E-state index contributed by atoms with van der Waals surface area (Å²) in [5.74, 6) is 0.892. The Morgan fingerprint density at radius 1 is 1.42 bits per heavy atom. The number of likely N-dealkylation sites (tertiary alicyclic amines) is 1. The normalized spacial score (nSPS) is 16.3. The zero-order valence-electron chi connectivity index (χ0n) is 11.3. The van der Waals surface area contributed by atoms with Crippen molar-refractivity contribution in [2.45, 2.75) is 25.8 Å². The van der Waals surface area contributed by atoms with Crippen molar-refractivity contribution in [1.82, 2.24) is 4.90 Å². The van der Waals surface area contributed by atoms with Crippen LogP contribution >= 0.6 is 15.9 Å². The van der Waals surface area contributed by atoms with Crippen molar-refractivity contribution in [3.05, 3.63) is 22.7 Å². The number of anilines is 1. The van der Waals surface area contributed by atoms with Crippen LogP contribution in [0.5, 0.6) is 5.75 Å². The van der Waals surface area contributed by atoms with Crippen molar-refractivity contribution in [1.29, 1.82) is 0 Å². The van der Waals surface area contributed by atoms with Crippen molar-refractivity contribution in [3.63, 3.8) is 0 Å². The van der Waals surface area contributed by atoms with Gasteiger partial charge in [0.1, 0.15) is 11.8 Å². The molecule has 1 fully saturated rings. The van der Waals surface area contributed by atoms with E-state index in [1.54, 1.807) is 7.11 Å². The molecule has 0 aromatic heterocycles. The summed E-state index contributed by atoms with van der Waals surface area (Å²) in [6, 6.07) is 5.46. The maximum Gasteiger partial charge on any atom is 0.244 e. The number of hydrogen-bond donors (Lipinski definition) is 1. The van der Waals surface area contributed by atoms with Crippen LogP contribution < -0.4 is 10.1 Å². The number of amides is 1. The third-order valence-corrected chi connectivity index (χ3v) is 3.81. The second kappa shape index (κ2) is 6.28. The molecule has 0 bridgehead atoms. The highest BCUT2D eigenvalue weighted by molar-refractivity contribution is 9.10. The Bertz CT molecular complexity index is 459. The molecule has 1 N–H and O–H groups in total. The van der Waals surface area contributed by atoms with E-state index in [1.165, 1.54) is 0 Å². The lowest BCUT2D eigenvalue weighted by molar-refractivity contribution is -0.130. The molecule has 0 saturated carbocycles. The Hall–Kier alpha value is -1.23. The second-order valence-corrected chi connectivity index (χ2v) is 5.66. The van der Waals surface area contributed by atoms with E-state index >= 15 is 0 Å². The summed E-state index contributed by atoms with van der Waals surface area (Å²) >= 11 is 3.43. The van der Waals surface area contributed by atoms with Crippen molar-refractivity contribution >= 4 is 27.5 Å². The molecule has 4 nitrogen and oxygen atoms in total. The zero-order valence-corrected chi connectivity index (χ0v) is 12.9. The van der Waals surface area contributed by atoms with Gasteiger partial charge in [-0.2, -0.15) is 0 Å². The Labute approximate surface area is 122 Å². The molecule has 0 radical (unpaired) electrons. The Morgan fingerprint density at radius 3 is 2.74 bits per heavy atom. The van der Waals surface area contributed by atoms with Crippen LogP contribution in [0.4, 0.5) is 5.69 Å². The number of benzene rings is 1. The fraction of sp³-hybridized carbons (Fsp3) is 0.500. The number of rotatable bonds is 4. The fourth-order valence-electron chi connectivity index (χ4n) is 2.30. The van der Waals surface area contributed by atoms with Gasteiger partial charge in [-0.3, -0.25) is 4.79 Å². The number of nitrogens with one attached hydrogen (secondary N) is 1. The maximum absolute atomic E-state index is 12.2. The van der Waals surface area contributed by atoms with Crippen molar-refractivity contribution < 1.29 is 9.53 Å². The Morgan fingerprint density at radius 2 is 2.11 bits per heavy atom. The molecule has 1 aromatic rings. The van der Waals surface area contributed by atoms with Crippen LogP contribution in [0.2, 0.25) is 0 Å². The van der Waals surface area contributed by atoms with Crippen LogP contribution in [0.25, 0.3) is 0 Å². The monoisotopic (exact) mass is 326 g/mol. The largest absolute Gasteiger partial charge is 0.495 e. The van der Waals surface area contributed by atoms with E-state index in [0.717, 1.165) is 41.8 Å². The molecule has 1 saturated heterocycles. The predicted octanol–water partition coefficient (Wildman–Crippen LogP) is 2.88. The van der Waals surface area contributed by atoms with Crippen LogP contribution in [-0.4, -0.2) is 37.0 Å². The van der Waals surface area contributed by atoms with Gasteiger partial charge >= 0.3 is 0 Å². The molecular formula is C14H19BrN2O2. The minimum Gasteiger partial charge on any atom is -0.495 e. The van der Waals surface area contributed by atoms with E-state index in [0.29, 0.717) is 0 Å². The minimum atomic E-state index is -0.249. The van der Waals surface area contributed by atoms with Crippen LogP contribution in [0.1, 0.15) is 19.8 Å². The number of halogens is 1. The number of carbonyl (C=O) groups is 1. The molecule has 0 aliphatic carbocycles. The van der Waals surface area contributed by atoms with E-state index in [4.69, 9.17) is 4.74 Å². The van der Waals surface area contributed by atoms with Crippen LogP contribution in [-0.2, 0) is 4.79 Å². The highest BCUT2D eigenvalue weighted by atomic mass is 79.9. The molecule has 1 aliphatic rings. The van der Waals surface area contributed by atoms with Gasteiger partial charge in [-0.25, -0.2) is 0 Å². The first kappa shape index (κ1) is 14.2. The summed E-state index contributed by atoms with van der Waals surface area (Å²) in [5.41, 5.74) is 0.830. The molecule has 1 heterocycles. The highest BCUT2D eigenvalue weighted by Crippen LogP contribution is 2.28. The minimum absolute atomic E-state index is 0.152. The number of hydrogen-bond acceptors (Lipinski definition) is 3. The first-order valence-electron chi connectivity index (χ1n) is 6.50. The lowest BCUT2D eigenvalue weighted by atomic mass is 10.2. The highest BCUT2D eigenvalue weighted by Gasteiger charge is 2.23. The quantitative estimate of drug-likeness (QED) is 0.925. The SMILES string of the molecule is COc1ccc(Br)cc1NC(C)C(=O)N1CCCC1. The molecule has 0 spiro atoms. The average molecular weight is 327 g/mol. The Balaban J connectivity index is 2.07. The molecule has 1 aliphatic heterocycles. The molecule has 1 aromatic carbocycles. The molecule has 1 unspecified atom stereocenters. The summed E-state index contributed by atoms with van der Waals surface area (Å²) in [7, 11) is 1.63. The van der Waals surface area contributed by atoms with Gasteiger partial charge in [-0.15, -0.1) is 0 Å². The summed E-state index contributed by atoms with van der Waals surface area (Å²) in [6.45, 7) is 3.64. The van der Waals surface area contributed by atoms with Crippen molar-refractivity contribution in [2.75, 3.05) is 25.5 Å². The number of methoxy groups -OCH3 is 1. The van der Waals surface area contributed by atoms with Gasteiger partial charge in [0.2, 0.25) is 5.91 Å². The molecular weight excluding hydrogens is 308 g/mol. The third-order valence-electron chi connectivity index (χ3n) is 3.32. The Kier molecular flexibility index (Phi) is 4.69. The number of ether oxygens (including phenoxy) is 1. The smallest absolute Gasteiger partial charge is 0.244 e. The van der Waals surface area contributed by atoms with E-state index in [1.807, 2.05) is 30.0 Å². The predicted molar refractivity (Wildman–Crippen MR) is 79.6 cm³/mol.